The van der Waals surface area contributed by atoms with Crippen LogP contribution < -0.4 is 5.32 Å². The fraction of sp³-hybridized carbons (Fsp3) is 0.0370. The number of anilines is 1. The van der Waals surface area contributed by atoms with E-state index < -0.39 is 0 Å². The van der Waals surface area contributed by atoms with Crippen LogP contribution >= 0.6 is 11.3 Å². The molecular formula is C27H20N2OS. The van der Waals surface area contributed by atoms with E-state index in [4.69, 9.17) is 4.98 Å². The quantitative estimate of drug-likeness (QED) is 0.339. The van der Waals surface area contributed by atoms with Crippen LogP contribution in [-0.2, 0) is 6.42 Å². The summed E-state index contributed by atoms with van der Waals surface area (Å²) in [6, 6.07) is 34.1. The molecule has 150 valence electrons. The Morgan fingerprint density at radius 1 is 0.742 bits per heavy atom. The van der Waals surface area contributed by atoms with Gasteiger partial charge < -0.3 is 5.32 Å². The minimum absolute atomic E-state index is 0.112. The van der Waals surface area contributed by atoms with Crippen LogP contribution in [0, 0.1) is 0 Å². The van der Waals surface area contributed by atoms with Gasteiger partial charge in [-0.15, -0.1) is 11.3 Å². The summed E-state index contributed by atoms with van der Waals surface area (Å²) in [5.74, 6) is -0.112. The number of hydrogen-bond acceptors (Lipinski definition) is 3. The smallest absolute Gasteiger partial charge is 0.255 e. The van der Waals surface area contributed by atoms with Gasteiger partial charge >= 0.3 is 0 Å². The summed E-state index contributed by atoms with van der Waals surface area (Å²) < 4.78 is 1.17. The van der Waals surface area contributed by atoms with Crippen LogP contribution in [-0.4, -0.2) is 10.9 Å². The number of benzene rings is 4. The molecular weight excluding hydrogens is 400 g/mol. The summed E-state index contributed by atoms with van der Waals surface area (Å²) in [6.45, 7) is 0. The zero-order chi connectivity index (χ0) is 21.0. The fourth-order valence-corrected chi connectivity index (χ4v) is 4.47. The lowest BCUT2D eigenvalue weighted by molar-refractivity contribution is 0.102. The average molecular weight is 421 g/mol. The number of para-hydroxylation sites is 1. The van der Waals surface area contributed by atoms with Crippen LogP contribution in [0.1, 0.15) is 21.5 Å². The third-order valence-electron chi connectivity index (χ3n) is 5.15. The number of aromatic nitrogens is 1. The topological polar surface area (TPSA) is 42.0 Å². The normalized spacial score (nSPS) is 10.8. The zero-order valence-corrected chi connectivity index (χ0v) is 17.6. The molecule has 5 aromatic rings. The SMILES string of the molecule is O=C(Nc1ccc(-c2nc3ccccc3s2)cc1)c1ccc(Cc2ccccc2)cc1. The zero-order valence-electron chi connectivity index (χ0n) is 16.8. The van der Waals surface area contributed by atoms with Crippen LogP contribution in [0.3, 0.4) is 0 Å². The molecule has 0 aliphatic carbocycles. The summed E-state index contributed by atoms with van der Waals surface area (Å²) in [5.41, 5.74) is 5.91. The number of fused-ring (bicyclic) bond motifs is 1. The van der Waals surface area contributed by atoms with Crippen molar-refractivity contribution < 1.29 is 4.79 Å². The van der Waals surface area contributed by atoms with Crippen molar-refractivity contribution in [1.29, 1.82) is 0 Å². The Labute approximate surface area is 185 Å². The first-order valence-corrected chi connectivity index (χ1v) is 11.0. The van der Waals surface area contributed by atoms with Gasteiger partial charge in [0, 0.05) is 16.8 Å². The van der Waals surface area contributed by atoms with Gasteiger partial charge in [0.1, 0.15) is 5.01 Å². The molecule has 1 N–H and O–H groups in total. The second kappa shape index (κ2) is 8.54. The number of hydrogen-bond donors (Lipinski definition) is 1. The van der Waals surface area contributed by atoms with E-state index in [0.717, 1.165) is 28.2 Å². The van der Waals surface area contributed by atoms with Crippen molar-refractivity contribution in [3.63, 3.8) is 0 Å². The van der Waals surface area contributed by atoms with Crippen LogP contribution in [0.25, 0.3) is 20.8 Å². The average Bonchev–Trinajstić information content (AvgIpc) is 3.25. The Morgan fingerprint density at radius 2 is 1.42 bits per heavy atom. The van der Waals surface area contributed by atoms with Gasteiger partial charge in [-0.2, -0.15) is 0 Å². The van der Waals surface area contributed by atoms with E-state index in [1.807, 2.05) is 84.9 Å². The van der Waals surface area contributed by atoms with Crippen LogP contribution in [0.5, 0.6) is 0 Å². The van der Waals surface area contributed by atoms with Crippen molar-refractivity contribution in [2.24, 2.45) is 0 Å². The van der Waals surface area contributed by atoms with Gasteiger partial charge in [-0.1, -0.05) is 54.6 Å². The molecule has 31 heavy (non-hydrogen) atoms. The first-order valence-electron chi connectivity index (χ1n) is 10.1. The van der Waals surface area contributed by atoms with E-state index in [2.05, 4.69) is 23.5 Å². The number of carbonyl (C=O) groups is 1. The molecule has 0 aliphatic rings. The van der Waals surface area contributed by atoms with E-state index in [1.54, 1.807) is 11.3 Å². The molecule has 0 saturated carbocycles. The first kappa shape index (κ1) is 19.2. The maximum atomic E-state index is 12.6. The summed E-state index contributed by atoms with van der Waals surface area (Å²) in [5, 5.41) is 3.96. The Bertz CT molecular complexity index is 1290. The van der Waals surface area contributed by atoms with Gasteiger partial charge in [0.2, 0.25) is 0 Å². The van der Waals surface area contributed by atoms with Gasteiger partial charge in [-0.3, -0.25) is 4.79 Å². The molecule has 1 aromatic heterocycles. The van der Waals surface area contributed by atoms with E-state index in [9.17, 15) is 4.79 Å². The molecule has 5 rings (SSSR count). The Balaban J connectivity index is 1.26. The fourth-order valence-electron chi connectivity index (χ4n) is 3.50. The van der Waals surface area contributed by atoms with Crippen molar-refractivity contribution in [3.05, 3.63) is 120 Å². The molecule has 4 heteroatoms. The summed E-state index contributed by atoms with van der Waals surface area (Å²) >= 11 is 1.67. The third-order valence-corrected chi connectivity index (χ3v) is 6.24. The minimum atomic E-state index is -0.112. The lowest BCUT2D eigenvalue weighted by Crippen LogP contribution is -2.11. The molecule has 0 fully saturated rings. The molecule has 0 unspecified atom stereocenters. The van der Waals surface area contributed by atoms with E-state index >= 15 is 0 Å². The van der Waals surface area contributed by atoms with Gasteiger partial charge in [0.15, 0.2) is 0 Å². The Kier molecular flexibility index (Phi) is 5.29. The highest BCUT2D eigenvalue weighted by Gasteiger charge is 2.09. The molecule has 0 aliphatic heterocycles. The van der Waals surface area contributed by atoms with Crippen LogP contribution in [0.2, 0.25) is 0 Å². The monoisotopic (exact) mass is 420 g/mol. The van der Waals surface area contributed by atoms with Crippen LogP contribution in [0.15, 0.2) is 103 Å². The molecule has 0 saturated heterocycles. The number of amides is 1. The molecule has 0 bridgehead atoms. The van der Waals surface area contributed by atoms with E-state index in [-0.39, 0.29) is 5.91 Å². The highest BCUT2D eigenvalue weighted by atomic mass is 32.1. The molecule has 4 aromatic carbocycles. The highest BCUT2D eigenvalue weighted by molar-refractivity contribution is 7.21. The highest BCUT2D eigenvalue weighted by Crippen LogP contribution is 2.30. The number of nitrogens with zero attached hydrogens (tertiary/aromatic N) is 1. The minimum Gasteiger partial charge on any atom is -0.322 e. The van der Waals surface area contributed by atoms with Gasteiger partial charge in [-0.05, 0) is 66.1 Å². The van der Waals surface area contributed by atoms with E-state index in [0.29, 0.717) is 5.56 Å². The summed E-state index contributed by atoms with van der Waals surface area (Å²) in [6.07, 6.45) is 0.857. The van der Waals surface area contributed by atoms with Crippen molar-refractivity contribution in [2.45, 2.75) is 6.42 Å². The van der Waals surface area contributed by atoms with Crippen molar-refractivity contribution in [1.82, 2.24) is 4.98 Å². The standard InChI is InChI=1S/C27H20N2OS/c30-26(21-12-10-20(11-13-21)18-19-6-2-1-3-7-19)28-23-16-14-22(15-17-23)27-29-24-8-4-5-9-25(24)31-27/h1-17H,18H2,(H,28,30). The lowest BCUT2D eigenvalue weighted by Gasteiger charge is -2.07. The lowest BCUT2D eigenvalue weighted by atomic mass is 10.0. The first-order chi connectivity index (χ1) is 15.2. The van der Waals surface area contributed by atoms with E-state index in [1.165, 1.54) is 15.8 Å². The molecule has 1 heterocycles. The number of nitrogens with one attached hydrogen (secondary N) is 1. The molecule has 1 amide bonds. The number of thiazole rings is 1. The molecule has 0 radical (unpaired) electrons. The molecule has 0 atom stereocenters. The predicted octanol–water partition coefficient (Wildman–Crippen LogP) is 6.81. The van der Waals surface area contributed by atoms with Gasteiger partial charge in [0.25, 0.3) is 5.91 Å². The summed E-state index contributed by atoms with van der Waals surface area (Å²) in [7, 11) is 0. The largest absolute Gasteiger partial charge is 0.322 e. The Morgan fingerprint density at radius 3 is 2.16 bits per heavy atom. The van der Waals surface area contributed by atoms with Crippen molar-refractivity contribution in [3.8, 4) is 10.6 Å². The van der Waals surface area contributed by atoms with Gasteiger partial charge in [0.05, 0.1) is 10.2 Å². The van der Waals surface area contributed by atoms with Crippen molar-refractivity contribution >= 4 is 33.1 Å². The maximum absolute atomic E-state index is 12.6. The Hall–Kier alpha value is -3.76. The maximum Gasteiger partial charge on any atom is 0.255 e. The molecule has 0 spiro atoms. The number of rotatable bonds is 5. The third kappa shape index (κ3) is 4.39. The van der Waals surface area contributed by atoms with Gasteiger partial charge in [-0.25, -0.2) is 4.98 Å². The van der Waals surface area contributed by atoms with Crippen molar-refractivity contribution in [2.75, 3.05) is 5.32 Å². The second-order valence-corrected chi connectivity index (χ2v) is 8.41. The predicted molar refractivity (Wildman–Crippen MR) is 129 cm³/mol. The number of carbonyl (C=O) groups excluding carboxylic acids is 1. The van der Waals surface area contributed by atoms with Crippen LogP contribution in [0.4, 0.5) is 5.69 Å². The second-order valence-electron chi connectivity index (χ2n) is 7.38. The summed E-state index contributed by atoms with van der Waals surface area (Å²) in [4.78, 5) is 17.3. The molecule has 3 nitrogen and oxygen atoms in total.